The van der Waals surface area contributed by atoms with Crippen LogP contribution >= 0.6 is 23.2 Å². The van der Waals surface area contributed by atoms with Crippen LogP contribution in [0.25, 0.3) is 0 Å². The van der Waals surface area contributed by atoms with Crippen molar-refractivity contribution in [1.82, 2.24) is 10.2 Å². The van der Waals surface area contributed by atoms with Crippen molar-refractivity contribution in [3.05, 3.63) is 28.2 Å². The summed E-state index contributed by atoms with van der Waals surface area (Å²) in [6, 6.07) is 5.20. The SMILES string of the molecule is CN(CC(=O)Nc1c(Cl)cccc1Cl)C(=O)C[NH+](C)CC(=O)NC1CC1. The molecule has 142 valence electrons. The van der Waals surface area contributed by atoms with E-state index in [1.807, 2.05) is 0 Å². The molecule has 2 rings (SSSR count). The fraction of sp³-hybridized carbons (Fsp3) is 0.471. The third-order valence-corrected chi connectivity index (χ3v) is 4.52. The van der Waals surface area contributed by atoms with Crippen molar-refractivity contribution in [3.63, 3.8) is 0 Å². The summed E-state index contributed by atoms with van der Waals surface area (Å²) in [5.74, 6) is -0.700. The lowest BCUT2D eigenvalue weighted by Gasteiger charge is -2.20. The number of halogens is 2. The van der Waals surface area contributed by atoms with E-state index in [4.69, 9.17) is 23.2 Å². The number of nitrogens with one attached hydrogen (secondary N) is 3. The highest BCUT2D eigenvalue weighted by Gasteiger charge is 2.25. The van der Waals surface area contributed by atoms with Crippen molar-refractivity contribution in [3.8, 4) is 0 Å². The van der Waals surface area contributed by atoms with Crippen molar-refractivity contribution < 1.29 is 19.3 Å². The number of rotatable bonds is 8. The first-order chi connectivity index (χ1) is 12.3. The van der Waals surface area contributed by atoms with E-state index in [9.17, 15) is 14.4 Å². The van der Waals surface area contributed by atoms with E-state index in [0.29, 0.717) is 21.8 Å². The molecular weight excluding hydrogens is 379 g/mol. The number of amides is 3. The van der Waals surface area contributed by atoms with Gasteiger partial charge in [0.05, 0.1) is 29.3 Å². The van der Waals surface area contributed by atoms with Gasteiger partial charge in [0, 0.05) is 13.1 Å². The third-order valence-electron chi connectivity index (χ3n) is 3.89. The summed E-state index contributed by atoms with van der Waals surface area (Å²) in [6.45, 7) is 0.203. The van der Waals surface area contributed by atoms with Crippen molar-refractivity contribution >= 4 is 46.6 Å². The number of hydrogen-bond acceptors (Lipinski definition) is 3. The van der Waals surface area contributed by atoms with Crippen molar-refractivity contribution in [2.75, 3.05) is 39.0 Å². The number of carbonyl (C=O) groups is 3. The Morgan fingerprint density at radius 3 is 2.35 bits per heavy atom. The van der Waals surface area contributed by atoms with Gasteiger partial charge in [-0.25, -0.2) is 0 Å². The zero-order valence-corrected chi connectivity index (χ0v) is 16.3. The Balaban J connectivity index is 1.78. The van der Waals surface area contributed by atoms with Gasteiger partial charge >= 0.3 is 0 Å². The van der Waals surface area contributed by atoms with Gasteiger partial charge in [0.15, 0.2) is 13.1 Å². The number of benzene rings is 1. The number of nitrogens with zero attached hydrogens (tertiary/aromatic N) is 1. The van der Waals surface area contributed by atoms with Crippen LogP contribution < -0.4 is 15.5 Å². The largest absolute Gasteiger partial charge is 0.348 e. The van der Waals surface area contributed by atoms with E-state index >= 15 is 0 Å². The molecule has 1 aliphatic rings. The average Bonchev–Trinajstić information content (AvgIpc) is 3.34. The smallest absolute Gasteiger partial charge is 0.277 e. The number of quaternary nitrogens is 1. The van der Waals surface area contributed by atoms with Gasteiger partial charge in [-0.05, 0) is 25.0 Å². The highest BCUT2D eigenvalue weighted by molar-refractivity contribution is 6.39. The predicted molar refractivity (Wildman–Crippen MR) is 101 cm³/mol. The molecule has 7 nitrogen and oxygen atoms in total. The molecule has 1 fully saturated rings. The van der Waals surface area contributed by atoms with Crippen LogP contribution in [0.15, 0.2) is 18.2 Å². The maximum Gasteiger partial charge on any atom is 0.277 e. The Hall–Kier alpha value is -1.83. The Bertz CT molecular complexity index is 674. The zero-order chi connectivity index (χ0) is 19.3. The lowest BCUT2D eigenvalue weighted by Crippen LogP contribution is -3.11. The molecule has 0 aliphatic heterocycles. The monoisotopic (exact) mass is 401 g/mol. The third kappa shape index (κ3) is 6.48. The van der Waals surface area contributed by atoms with Crippen LogP contribution in [0.2, 0.25) is 10.0 Å². The average molecular weight is 402 g/mol. The standard InChI is InChI=1S/C17H22Cl2N4O3/c1-22(8-14(24)20-11-6-7-11)10-16(26)23(2)9-15(25)21-17-12(18)4-3-5-13(17)19/h3-5,11H,6-10H2,1-2H3,(H,20,24)(H,21,25)/p+1. The highest BCUT2D eigenvalue weighted by Crippen LogP contribution is 2.29. The first-order valence-electron chi connectivity index (χ1n) is 8.34. The molecule has 0 bridgehead atoms. The van der Waals surface area contributed by atoms with Crippen LogP contribution in [0.5, 0.6) is 0 Å². The van der Waals surface area contributed by atoms with Crippen LogP contribution in [-0.4, -0.2) is 62.4 Å². The number of hydrogen-bond donors (Lipinski definition) is 3. The fourth-order valence-electron chi connectivity index (χ4n) is 2.34. The number of para-hydroxylation sites is 1. The molecule has 1 atom stereocenters. The lowest BCUT2D eigenvalue weighted by atomic mass is 10.3. The second-order valence-electron chi connectivity index (χ2n) is 6.55. The molecule has 1 aliphatic carbocycles. The van der Waals surface area contributed by atoms with Crippen molar-refractivity contribution in [1.29, 1.82) is 0 Å². The molecule has 3 amide bonds. The van der Waals surface area contributed by atoms with Gasteiger partial charge in [-0.3, -0.25) is 14.4 Å². The van der Waals surface area contributed by atoms with Crippen LogP contribution in [0.3, 0.4) is 0 Å². The molecule has 26 heavy (non-hydrogen) atoms. The van der Waals surface area contributed by atoms with Gasteiger partial charge in [-0.15, -0.1) is 0 Å². The Morgan fingerprint density at radius 1 is 1.15 bits per heavy atom. The van der Waals surface area contributed by atoms with Crippen molar-refractivity contribution in [2.45, 2.75) is 18.9 Å². The number of anilines is 1. The highest BCUT2D eigenvalue weighted by atomic mass is 35.5. The molecule has 0 aromatic heterocycles. The minimum absolute atomic E-state index is 0.0634. The van der Waals surface area contributed by atoms with Gasteiger partial charge in [0.25, 0.3) is 11.8 Å². The molecule has 1 aromatic rings. The van der Waals surface area contributed by atoms with Gasteiger partial charge in [-0.1, -0.05) is 29.3 Å². The van der Waals surface area contributed by atoms with E-state index in [-0.39, 0.29) is 31.4 Å². The Kier molecular flexibility index (Phi) is 7.25. The number of likely N-dealkylation sites (N-methyl/N-ethyl adjacent to an activating group) is 2. The molecule has 3 N–H and O–H groups in total. The molecule has 0 spiro atoms. The second-order valence-corrected chi connectivity index (χ2v) is 7.36. The summed E-state index contributed by atoms with van der Waals surface area (Å²) in [7, 11) is 3.30. The van der Waals surface area contributed by atoms with Gasteiger partial charge in [-0.2, -0.15) is 0 Å². The first-order valence-corrected chi connectivity index (χ1v) is 9.10. The molecule has 0 saturated heterocycles. The van der Waals surface area contributed by atoms with Crippen LogP contribution in [-0.2, 0) is 14.4 Å². The molecule has 1 aromatic carbocycles. The Labute approximate surface area is 162 Å². The van der Waals surface area contributed by atoms with E-state index in [1.165, 1.54) is 11.9 Å². The van der Waals surface area contributed by atoms with Gasteiger partial charge in [0.1, 0.15) is 0 Å². The minimum atomic E-state index is -0.403. The maximum atomic E-state index is 12.2. The van der Waals surface area contributed by atoms with E-state index in [0.717, 1.165) is 17.7 Å². The summed E-state index contributed by atoms with van der Waals surface area (Å²) in [5, 5.41) is 6.14. The summed E-state index contributed by atoms with van der Waals surface area (Å²) in [4.78, 5) is 38.2. The molecule has 9 heteroatoms. The van der Waals surface area contributed by atoms with Crippen LogP contribution in [0, 0.1) is 0 Å². The minimum Gasteiger partial charge on any atom is -0.348 e. The van der Waals surface area contributed by atoms with Crippen LogP contribution in [0.4, 0.5) is 5.69 Å². The molecule has 1 unspecified atom stereocenters. The van der Waals surface area contributed by atoms with Crippen molar-refractivity contribution in [2.24, 2.45) is 0 Å². The van der Waals surface area contributed by atoms with E-state index in [1.54, 1.807) is 25.2 Å². The quantitative estimate of drug-likeness (QED) is 0.581. The summed E-state index contributed by atoms with van der Waals surface area (Å²) >= 11 is 12.0. The van der Waals surface area contributed by atoms with E-state index < -0.39 is 5.91 Å². The predicted octanol–water partition coefficient (Wildman–Crippen LogP) is 0.184. The summed E-state index contributed by atoms with van der Waals surface area (Å²) in [6.07, 6.45) is 2.05. The summed E-state index contributed by atoms with van der Waals surface area (Å²) in [5.41, 5.74) is 0.321. The normalized spacial score (nSPS) is 14.5. The first kappa shape index (κ1) is 20.5. The Morgan fingerprint density at radius 2 is 1.77 bits per heavy atom. The second kappa shape index (κ2) is 9.21. The molecule has 0 radical (unpaired) electrons. The molecular formula is C17H23Cl2N4O3+. The van der Waals surface area contributed by atoms with Gasteiger partial charge in [0.2, 0.25) is 5.91 Å². The fourth-order valence-corrected chi connectivity index (χ4v) is 2.83. The lowest BCUT2D eigenvalue weighted by molar-refractivity contribution is -0.862. The van der Waals surface area contributed by atoms with Gasteiger partial charge < -0.3 is 20.4 Å². The van der Waals surface area contributed by atoms with Crippen LogP contribution in [0.1, 0.15) is 12.8 Å². The maximum absolute atomic E-state index is 12.2. The molecule has 1 saturated carbocycles. The zero-order valence-electron chi connectivity index (χ0n) is 14.8. The summed E-state index contributed by atoms with van der Waals surface area (Å²) < 4.78 is 0. The molecule has 0 heterocycles. The topological polar surface area (TPSA) is 83.0 Å². The number of carbonyl (C=O) groups excluding carboxylic acids is 3. The van der Waals surface area contributed by atoms with E-state index in [2.05, 4.69) is 10.6 Å².